The summed E-state index contributed by atoms with van der Waals surface area (Å²) in [4.78, 5) is 5.55. The van der Waals surface area contributed by atoms with Gasteiger partial charge in [-0.25, -0.2) is 0 Å². The minimum absolute atomic E-state index is 0.262. The summed E-state index contributed by atoms with van der Waals surface area (Å²) in [5.41, 5.74) is 2.43. The molecule has 1 saturated heterocycles. The maximum atomic E-state index is 12.2. The van der Waals surface area contributed by atoms with Gasteiger partial charge >= 0.3 is 6.36 Å². The van der Waals surface area contributed by atoms with Crippen molar-refractivity contribution in [3.63, 3.8) is 0 Å². The molecule has 0 spiro atoms. The first-order valence-electron chi connectivity index (χ1n) is 10.8. The van der Waals surface area contributed by atoms with Crippen molar-refractivity contribution in [3.8, 4) is 5.75 Å². The van der Waals surface area contributed by atoms with Crippen molar-refractivity contribution >= 4 is 18.4 Å². The van der Waals surface area contributed by atoms with Gasteiger partial charge in [-0.15, -0.1) is 13.2 Å². The minimum atomic E-state index is -4.71. The lowest BCUT2D eigenvalue weighted by Crippen LogP contribution is -2.59. The fraction of sp³-hybridized carbons (Fsp3) is 0.400. The number of hydrogen-bond acceptors (Lipinski definition) is 7. The zero-order chi connectivity index (χ0) is 25.4. The quantitative estimate of drug-likeness (QED) is 0.280. The molecule has 0 aliphatic carbocycles. The van der Waals surface area contributed by atoms with E-state index < -0.39 is 18.8 Å². The minimum Gasteiger partial charge on any atom is -0.406 e. The Morgan fingerprint density at radius 1 is 0.771 bits per heavy atom. The van der Waals surface area contributed by atoms with Gasteiger partial charge in [-0.3, -0.25) is 0 Å². The van der Waals surface area contributed by atoms with Gasteiger partial charge in [0.2, 0.25) is 0 Å². The molecular formula is C25H28F3NO6. The lowest BCUT2D eigenvalue weighted by atomic mass is 9.99. The van der Waals surface area contributed by atoms with Crippen molar-refractivity contribution in [1.82, 2.24) is 0 Å². The molecule has 2 aromatic rings. The topological polar surface area (TPSA) is 67.7 Å². The number of oxime groups is 1. The highest BCUT2D eigenvalue weighted by atomic mass is 19.4. The predicted octanol–water partition coefficient (Wildman–Crippen LogP) is 4.90. The van der Waals surface area contributed by atoms with E-state index in [9.17, 15) is 13.2 Å². The predicted molar refractivity (Wildman–Crippen MR) is 124 cm³/mol. The molecule has 35 heavy (non-hydrogen) atoms. The van der Waals surface area contributed by atoms with E-state index in [-0.39, 0.29) is 24.1 Å². The summed E-state index contributed by atoms with van der Waals surface area (Å²) in [5, 5.41) is 4.04. The van der Waals surface area contributed by atoms with Crippen molar-refractivity contribution in [3.05, 3.63) is 65.2 Å². The Bertz CT molecular complexity index is 978. The Morgan fingerprint density at radius 2 is 1.29 bits per heavy atom. The lowest BCUT2D eigenvalue weighted by Gasteiger charge is -2.42. The Hall–Kier alpha value is -2.92. The molecule has 3 rings (SSSR count). The number of methoxy groups -OCH3 is 3. The third-order valence-corrected chi connectivity index (χ3v) is 5.43. The molecule has 5 atom stereocenters. The van der Waals surface area contributed by atoms with Crippen molar-refractivity contribution < 1.29 is 41.7 Å². The standard InChI is InChI=1S/C25H28F3NO6/c1-16-21(30-2)22(31-3)23(32-4)24(33-16)35-29-15-19-9-7-17(8-10-19)5-6-18-11-13-20(14-12-18)34-25(26,27)28/h5-16,21-24H,1-4H3/t16?,21?,22?,23?,24-/m0/s1. The van der Waals surface area contributed by atoms with E-state index in [1.54, 1.807) is 45.8 Å². The number of hydrogen-bond donors (Lipinski definition) is 0. The van der Waals surface area contributed by atoms with E-state index in [0.29, 0.717) is 0 Å². The van der Waals surface area contributed by atoms with Gasteiger partial charge in [0.25, 0.3) is 6.29 Å². The summed E-state index contributed by atoms with van der Waals surface area (Å²) >= 11 is 0. The second-order valence-electron chi connectivity index (χ2n) is 7.77. The molecule has 4 unspecified atom stereocenters. The van der Waals surface area contributed by atoms with Gasteiger partial charge < -0.3 is 28.5 Å². The second-order valence-corrected chi connectivity index (χ2v) is 7.77. The van der Waals surface area contributed by atoms with Crippen LogP contribution in [0.5, 0.6) is 5.75 Å². The summed E-state index contributed by atoms with van der Waals surface area (Å²) in [6.07, 6.45) is -1.79. The molecule has 1 aliphatic rings. The Kier molecular flexibility index (Phi) is 9.27. The highest BCUT2D eigenvalue weighted by Crippen LogP contribution is 2.28. The Morgan fingerprint density at radius 3 is 1.80 bits per heavy atom. The summed E-state index contributed by atoms with van der Waals surface area (Å²) in [6, 6.07) is 13.1. The second kappa shape index (κ2) is 12.2. The SMILES string of the molecule is COC1C(C)O[C@@H](ON=Cc2ccc(C=Cc3ccc(OC(F)(F)F)cc3)cc2)C(OC)C1OC. The zero-order valence-electron chi connectivity index (χ0n) is 19.8. The van der Waals surface area contributed by atoms with Crippen LogP contribution in [0, 0.1) is 0 Å². The number of rotatable bonds is 9. The zero-order valence-corrected chi connectivity index (χ0v) is 19.8. The van der Waals surface area contributed by atoms with Gasteiger partial charge in [-0.2, -0.15) is 0 Å². The maximum Gasteiger partial charge on any atom is 0.573 e. The van der Waals surface area contributed by atoms with E-state index in [4.69, 9.17) is 23.8 Å². The number of benzene rings is 2. The molecule has 0 amide bonds. The molecule has 2 aromatic carbocycles. The molecule has 0 radical (unpaired) electrons. The number of ether oxygens (including phenoxy) is 5. The smallest absolute Gasteiger partial charge is 0.406 e. The van der Waals surface area contributed by atoms with Gasteiger partial charge in [-0.1, -0.05) is 53.7 Å². The molecule has 1 fully saturated rings. The number of halogens is 3. The van der Waals surface area contributed by atoms with Crippen LogP contribution in [-0.2, 0) is 23.8 Å². The molecule has 0 bridgehead atoms. The largest absolute Gasteiger partial charge is 0.573 e. The summed E-state index contributed by atoms with van der Waals surface area (Å²) in [5.74, 6) is -0.262. The third-order valence-electron chi connectivity index (χ3n) is 5.43. The summed E-state index contributed by atoms with van der Waals surface area (Å²) < 4.78 is 63.0. The first-order chi connectivity index (χ1) is 16.7. The molecule has 0 saturated carbocycles. The van der Waals surface area contributed by atoms with Crippen LogP contribution >= 0.6 is 0 Å². The van der Waals surface area contributed by atoms with Gasteiger partial charge in [0, 0.05) is 21.3 Å². The monoisotopic (exact) mass is 495 g/mol. The molecule has 1 heterocycles. The van der Waals surface area contributed by atoms with E-state index >= 15 is 0 Å². The average Bonchev–Trinajstić information content (AvgIpc) is 2.83. The highest BCUT2D eigenvalue weighted by molar-refractivity contribution is 5.80. The van der Waals surface area contributed by atoms with E-state index in [1.807, 2.05) is 37.3 Å². The maximum absolute atomic E-state index is 12.2. The van der Waals surface area contributed by atoms with Crippen LogP contribution in [0.1, 0.15) is 23.6 Å². The van der Waals surface area contributed by atoms with Gasteiger partial charge in [0.15, 0.2) is 6.10 Å². The van der Waals surface area contributed by atoms with Gasteiger partial charge in [-0.05, 0) is 35.7 Å². The third kappa shape index (κ3) is 7.53. The van der Waals surface area contributed by atoms with Crippen molar-refractivity contribution in [1.29, 1.82) is 0 Å². The van der Waals surface area contributed by atoms with E-state index in [0.717, 1.165) is 16.7 Å². The van der Waals surface area contributed by atoms with Crippen molar-refractivity contribution in [2.24, 2.45) is 5.16 Å². The lowest BCUT2D eigenvalue weighted by molar-refractivity contribution is -0.305. The first-order valence-corrected chi connectivity index (χ1v) is 10.8. The Balaban J connectivity index is 1.56. The van der Waals surface area contributed by atoms with Crippen molar-refractivity contribution in [2.45, 2.75) is 44.0 Å². The van der Waals surface area contributed by atoms with E-state index in [2.05, 4.69) is 9.89 Å². The summed E-state index contributed by atoms with van der Waals surface area (Å²) in [6.45, 7) is 1.86. The van der Waals surface area contributed by atoms with Crippen LogP contribution in [0.25, 0.3) is 12.2 Å². The molecule has 1 aliphatic heterocycles. The van der Waals surface area contributed by atoms with Crippen LogP contribution in [0.4, 0.5) is 13.2 Å². The molecule has 190 valence electrons. The fourth-order valence-electron chi connectivity index (χ4n) is 3.72. The van der Waals surface area contributed by atoms with Crippen LogP contribution in [-0.4, -0.2) is 64.6 Å². The number of alkyl halides is 3. The first kappa shape index (κ1) is 26.7. The summed E-state index contributed by atoms with van der Waals surface area (Å²) in [7, 11) is 4.71. The average molecular weight is 495 g/mol. The number of nitrogens with zero attached hydrogens (tertiary/aromatic N) is 1. The van der Waals surface area contributed by atoms with E-state index in [1.165, 1.54) is 12.1 Å². The van der Waals surface area contributed by atoms with Crippen LogP contribution < -0.4 is 4.74 Å². The molecular weight excluding hydrogens is 467 g/mol. The van der Waals surface area contributed by atoms with Crippen LogP contribution in [0.15, 0.2) is 53.7 Å². The molecule has 0 aromatic heterocycles. The molecule has 10 heteroatoms. The van der Waals surface area contributed by atoms with Crippen LogP contribution in [0.2, 0.25) is 0 Å². The Labute approximate surface area is 202 Å². The molecule has 7 nitrogen and oxygen atoms in total. The van der Waals surface area contributed by atoms with Gasteiger partial charge in [0.05, 0.1) is 12.3 Å². The van der Waals surface area contributed by atoms with Crippen LogP contribution in [0.3, 0.4) is 0 Å². The van der Waals surface area contributed by atoms with Gasteiger partial charge in [0.1, 0.15) is 18.0 Å². The fourth-order valence-corrected chi connectivity index (χ4v) is 3.72. The highest BCUT2D eigenvalue weighted by Gasteiger charge is 2.46. The van der Waals surface area contributed by atoms with Crippen molar-refractivity contribution in [2.75, 3.05) is 21.3 Å². The molecule has 0 N–H and O–H groups in total. The normalized spacial score (nSPS) is 25.3.